The number of ketones is 1. The van der Waals surface area contributed by atoms with E-state index in [9.17, 15) is 9.59 Å². The van der Waals surface area contributed by atoms with Crippen LogP contribution in [0.3, 0.4) is 0 Å². The first-order valence-electron chi connectivity index (χ1n) is 6.57. The molecule has 21 heavy (non-hydrogen) atoms. The average molecular weight is 280 g/mol. The van der Waals surface area contributed by atoms with Crippen molar-refractivity contribution in [2.45, 2.75) is 13.8 Å². The van der Waals surface area contributed by atoms with Crippen LogP contribution >= 0.6 is 0 Å². The number of hydrogen-bond donors (Lipinski definition) is 0. The van der Waals surface area contributed by atoms with Gasteiger partial charge in [0.05, 0.1) is 0 Å². The van der Waals surface area contributed by atoms with Crippen LogP contribution in [0.25, 0.3) is 0 Å². The van der Waals surface area contributed by atoms with Crippen LogP contribution in [0.2, 0.25) is 0 Å². The van der Waals surface area contributed by atoms with Crippen LogP contribution in [0.1, 0.15) is 28.4 Å². The van der Waals surface area contributed by atoms with Gasteiger partial charge in [0.15, 0.2) is 5.78 Å². The summed E-state index contributed by atoms with van der Waals surface area (Å²) in [6.45, 7) is 6.93. The molecule has 0 fully saturated rings. The van der Waals surface area contributed by atoms with Crippen molar-refractivity contribution in [1.29, 1.82) is 0 Å². The summed E-state index contributed by atoms with van der Waals surface area (Å²) in [5.41, 5.74) is 2.32. The van der Waals surface area contributed by atoms with Gasteiger partial charge in [0.25, 0.3) is 0 Å². The molecule has 0 saturated heterocycles. The van der Waals surface area contributed by atoms with Gasteiger partial charge in [0.2, 0.25) is 0 Å². The van der Waals surface area contributed by atoms with Crippen molar-refractivity contribution in [3.63, 3.8) is 0 Å². The van der Waals surface area contributed by atoms with Crippen LogP contribution in [0.5, 0.6) is 5.75 Å². The van der Waals surface area contributed by atoms with Gasteiger partial charge < -0.3 is 4.74 Å². The van der Waals surface area contributed by atoms with Gasteiger partial charge in [-0.1, -0.05) is 36.9 Å². The summed E-state index contributed by atoms with van der Waals surface area (Å²) in [7, 11) is 0. The van der Waals surface area contributed by atoms with E-state index in [0.29, 0.717) is 22.4 Å². The van der Waals surface area contributed by atoms with E-state index in [1.165, 1.54) is 0 Å². The third-order valence-electron chi connectivity index (χ3n) is 3.04. The number of hydrogen-bond acceptors (Lipinski definition) is 3. The quantitative estimate of drug-likeness (QED) is 0.371. The zero-order valence-electron chi connectivity index (χ0n) is 12.1. The molecular formula is C18H16O3. The monoisotopic (exact) mass is 280 g/mol. The molecule has 3 nitrogen and oxygen atoms in total. The average Bonchev–Trinajstić information content (AvgIpc) is 2.47. The molecular weight excluding hydrogens is 264 g/mol. The Balaban J connectivity index is 2.26. The van der Waals surface area contributed by atoms with Gasteiger partial charge in [-0.05, 0) is 37.6 Å². The number of carbonyl (C=O) groups is 2. The lowest BCUT2D eigenvalue weighted by Crippen LogP contribution is -2.09. The molecule has 0 radical (unpaired) electrons. The second kappa shape index (κ2) is 6.18. The highest BCUT2D eigenvalue weighted by Gasteiger charge is 2.13. The second-order valence-electron chi connectivity index (χ2n) is 4.84. The van der Waals surface area contributed by atoms with E-state index in [0.717, 1.165) is 5.56 Å². The highest BCUT2D eigenvalue weighted by molar-refractivity contribution is 6.10. The molecule has 0 aromatic heterocycles. The number of benzene rings is 2. The SMILES string of the molecule is C=C(C)C(=O)Oc1ccc(C(=O)c2ccccc2)c(C)c1. The first kappa shape index (κ1) is 14.7. The van der Waals surface area contributed by atoms with E-state index in [4.69, 9.17) is 4.74 Å². The molecule has 0 aliphatic rings. The minimum Gasteiger partial charge on any atom is -0.423 e. The van der Waals surface area contributed by atoms with Gasteiger partial charge in [0.1, 0.15) is 5.75 Å². The van der Waals surface area contributed by atoms with E-state index >= 15 is 0 Å². The van der Waals surface area contributed by atoms with Crippen molar-refractivity contribution in [2.24, 2.45) is 0 Å². The van der Waals surface area contributed by atoms with Gasteiger partial charge in [-0.3, -0.25) is 4.79 Å². The molecule has 2 aromatic rings. The molecule has 0 heterocycles. The Morgan fingerprint density at radius 1 is 1.05 bits per heavy atom. The molecule has 3 heteroatoms. The minimum atomic E-state index is -0.475. The summed E-state index contributed by atoms with van der Waals surface area (Å²) >= 11 is 0. The Labute approximate surface area is 123 Å². The molecule has 0 bridgehead atoms. The van der Waals surface area contributed by atoms with Crippen molar-refractivity contribution < 1.29 is 14.3 Å². The number of esters is 1. The van der Waals surface area contributed by atoms with Crippen LogP contribution in [-0.2, 0) is 4.79 Å². The van der Waals surface area contributed by atoms with Crippen LogP contribution in [0.15, 0.2) is 60.7 Å². The zero-order chi connectivity index (χ0) is 15.4. The number of carbonyl (C=O) groups excluding carboxylic acids is 2. The van der Waals surface area contributed by atoms with E-state index in [1.54, 1.807) is 37.3 Å². The lowest BCUT2D eigenvalue weighted by Gasteiger charge is -2.08. The summed E-state index contributed by atoms with van der Waals surface area (Å²) in [6.07, 6.45) is 0. The molecule has 0 atom stereocenters. The normalized spacial score (nSPS) is 10.0. The molecule has 0 unspecified atom stereocenters. The van der Waals surface area contributed by atoms with Crippen molar-refractivity contribution in [1.82, 2.24) is 0 Å². The van der Waals surface area contributed by atoms with Crippen molar-refractivity contribution >= 4 is 11.8 Å². The number of aryl methyl sites for hydroxylation is 1. The molecule has 0 spiro atoms. The van der Waals surface area contributed by atoms with Gasteiger partial charge in [0, 0.05) is 16.7 Å². The standard InChI is InChI=1S/C18H16O3/c1-12(2)18(20)21-15-9-10-16(13(3)11-15)17(19)14-7-5-4-6-8-14/h4-11H,1H2,2-3H3. The molecule has 0 aliphatic heterocycles. The third kappa shape index (κ3) is 3.45. The highest BCUT2D eigenvalue weighted by atomic mass is 16.5. The molecule has 0 amide bonds. The lowest BCUT2D eigenvalue weighted by atomic mass is 9.99. The van der Waals surface area contributed by atoms with Gasteiger partial charge >= 0.3 is 5.97 Å². The lowest BCUT2D eigenvalue weighted by molar-refractivity contribution is -0.130. The second-order valence-corrected chi connectivity index (χ2v) is 4.84. The van der Waals surface area contributed by atoms with Crippen LogP contribution in [-0.4, -0.2) is 11.8 Å². The predicted octanol–water partition coefficient (Wildman–Crippen LogP) is 3.71. The maximum absolute atomic E-state index is 12.4. The molecule has 0 saturated carbocycles. The van der Waals surface area contributed by atoms with Crippen LogP contribution in [0.4, 0.5) is 0 Å². The highest BCUT2D eigenvalue weighted by Crippen LogP contribution is 2.20. The largest absolute Gasteiger partial charge is 0.423 e. The van der Waals surface area contributed by atoms with Gasteiger partial charge in [-0.25, -0.2) is 4.79 Å². The molecule has 0 N–H and O–H groups in total. The smallest absolute Gasteiger partial charge is 0.338 e. The zero-order valence-corrected chi connectivity index (χ0v) is 12.1. The summed E-state index contributed by atoms with van der Waals surface area (Å²) in [5, 5.41) is 0. The number of ether oxygens (including phenoxy) is 1. The van der Waals surface area contributed by atoms with Crippen LogP contribution < -0.4 is 4.74 Å². The molecule has 0 aliphatic carbocycles. The van der Waals surface area contributed by atoms with Crippen molar-refractivity contribution in [2.75, 3.05) is 0 Å². The summed E-state index contributed by atoms with van der Waals surface area (Å²) < 4.78 is 5.15. The summed E-state index contributed by atoms with van der Waals surface area (Å²) in [5.74, 6) is -0.118. The molecule has 2 rings (SSSR count). The number of rotatable bonds is 4. The first-order chi connectivity index (χ1) is 9.99. The van der Waals surface area contributed by atoms with Gasteiger partial charge in [-0.2, -0.15) is 0 Å². The van der Waals surface area contributed by atoms with E-state index in [1.807, 2.05) is 25.1 Å². The maximum atomic E-state index is 12.4. The third-order valence-corrected chi connectivity index (χ3v) is 3.04. The van der Waals surface area contributed by atoms with E-state index < -0.39 is 5.97 Å². The fraction of sp³-hybridized carbons (Fsp3) is 0.111. The fourth-order valence-corrected chi connectivity index (χ4v) is 1.89. The topological polar surface area (TPSA) is 43.4 Å². The Bertz CT molecular complexity index is 700. The Hall–Kier alpha value is -2.68. The fourth-order valence-electron chi connectivity index (χ4n) is 1.89. The van der Waals surface area contributed by atoms with Crippen molar-refractivity contribution in [3.05, 3.63) is 77.4 Å². The van der Waals surface area contributed by atoms with Crippen LogP contribution in [0, 0.1) is 6.92 Å². The van der Waals surface area contributed by atoms with Crippen molar-refractivity contribution in [3.8, 4) is 5.75 Å². The Morgan fingerprint density at radius 2 is 1.71 bits per heavy atom. The van der Waals surface area contributed by atoms with E-state index in [2.05, 4.69) is 6.58 Å². The maximum Gasteiger partial charge on any atom is 0.338 e. The van der Waals surface area contributed by atoms with E-state index in [-0.39, 0.29) is 5.78 Å². The Kier molecular flexibility index (Phi) is 4.33. The first-order valence-corrected chi connectivity index (χ1v) is 6.57. The summed E-state index contributed by atoms with van der Waals surface area (Å²) in [4.78, 5) is 23.9. The predicted molar refractivity (Wildman–Crippen MR) is 81.5 cm³/mol. The summed E-state index contributed by atoms with van der Waals surface area (Å²) in [6, 6.07) is 14.0. The molecule has 2 aromatic carbocycles. The minimum absolute atomic E-state index is 0.0501. The van der Waals surface area contributed by atoms with Gasteiger partial charge in [-0.15, -0.1) is 0 Å². The Morgan fingerprint density at radius 3 is 2.29 bits per heavy atom. The molecule has 106 valence electrons.